The van der Waals surface area contributed by atoms with E-state index in [2.05, 4.69) is 10.4 Å². The van der Waals surface area contributed by atoms with Crippen LogP contribution in [0.1, 0.15) is 71.5 Å². The second-order valence-electron chi connectivity index (χ2n) is 12.3. The minimum Gasteiger partial charge on any atom is -0.319 e. The standard InChI is InChI=1S/C32H33ClFN5O/c1-19-29(20(2)38(36-19)17-24-8-9-25(34)13-28(24)33)35-31(40)27-18-39(26-6-4-3-5-7-26)37-30(27)32-14-21-10-22(15-32)12-23(11-21)16-32/h3-9,13,18,21-23H,10-12,14-17H2,1-2H3,(H,35,40). The molecule has 4 saturated carbocycles. The number of hydrogen-bond donors (Lipinski definition) is 1. The van der Waals surface area contributed by atoms with Crippen molar-refractivity contribution >= 4 is 23.2 Å². The van der Waals surface area contributed by atoms with E-state index in [4.69, 9.17) is 16.7 Å². The van der Waals surface area contributed by atoms with Crippen molar-refractivity contribution in [3.05, 3.63) is 93.8 Å². The monoisotopic (exact) mass is 557 g/mol. The molecule has 8 heteroatoms. The Morgan fingerprint density at radius 3 is 2.35 bits per heavy atom. The van der Waals surface area contributed by atoms with Crippen molar-refractivity contribution in [2.75, 3.05) is 5.32 Å². The van der Waals surface area contributed by atoms with Gasteiger partial charge in [-0.05, 0) is 100.0 Å². The van der Waals surface area contributed by atoms with Crippen LogP contribution in [0, 0.1) is 37.4 Å². The van der Waals surface area contributed by atoms with Crippen LogP contribution in [0.4, 0.5) is 10.1 Å². The third kappa shape index (κ3) is 4.35. The average Bonchev–Trinajstić information content (AvgIpc) is 3.48. The lowest BCUT2D eigenvalue weighted by molar-refractivity contribution is -0.00765. The van der Waals surface area contributed by atoms with Gasteiger partial charge in [0.1, 0.15) is 5.82 Å². The summed E-state index contributed by atoms with van der Waals surface area (Å²) in [4.78, 5) is 14.1. The summed E-state index contributed by atoms with van der Waals surface area (Å²) in [6, 6.07) is 14.4. The maximum absolute atomic E-state index is 14.1. The molecule has 4 aromatic rings. The number of para-hydroxylation sites is 1. The first kappa shape index (κ1) is 25.5. The zero-order valence-electron chi connectivity index (χ0n) is 22.8. The van der Waals surface area contributed by atoms with Crippen LogP contribution >= 0.6 is 11.6 Å². The number of nitrogens with one attached hydrogen (secondary N) is 1. The number of benzene rings is 2. The second kappa shape index (κ2) is 9.58. The Hall–Kier alpha value is -3.45. The molecule has 2 aromatic carbocycles. The smallest absolute Gasteiger partial charge is 0.259 e. The topological polar surface area (TPSA) is 64.7 Å². The Bertz CT molecular complexity index is 1570. The third-order valence-corrected chi connectivity index (χ3v) is 9.83. The van der Waals surface area contributed by atoms with E-state index >= 15 is 0 Å². The molecule has 8 rings (SSSR count). The minimum atomic E-state index is -0.374. The van der Waals surface area contributed by atoms with Gasteiger partial charge in [0.15, 0.2) is 0 Å². The number of nitrogens with zero attached hydrogens (tertiary/aromatic N) is 4. The summed E-state index contributed by atoms with van der Waals surface area (Å²) in [5.41, 5.74) is 5.51. The number of amides is 1. The fourth-order valence-corrected chi connectivity index (χ4v) is 8.30. The zero-order chi connectivity index (χ0) is 27.6. The molecule has 1 N–H and O–H groups in total. The Balaban J connectivity index is 1.23. The first-order valence-electron chi connectivity index (χ1n) is 14.2. The number of aryl methyl sites for hydroxylation is 1. The highest BCUT2D eigenvalue weighted by Crippen LogP contribution is 2.61. The summed E-state index contributed by atoms with van der Waals surface area (Å²) in [5.74, 6) is 1.69. The van der Waals surface area contributed by atoms with Crippen LogP contribution in [-0.2, 0) is 12.0 Å². The van der Waals surface area contributed by atoms with E-state index in [1.54, 1.807) is 10.7 Å². The summed E-state index contributed by atoms with van der Waals surface area (Å²) in [6.07, 6.45) is 9.27. The predicted molar refractivity (Wildman–Crippen MR) is 154 cm³/mol. The molecule has 2 heterocycles. The first-order chi connectivity index (χ1) is 19.3. The number of aromatic nitrogens is 4. The molecular weight excluding hydrogens is 525 g/mol. The van der Waals surface area contributed by atoms with Gasteiger partial charge in [0, 0.05) is 16.6 Å². The fraction of sp³-hybridized carbons (Fsp3) is 0.406. The molecule has 4 bridgehead atoms. The second-order valence-corrected chi connectivity index (χ2v) is 12.7. The third-order valence-electron chi connectivity index (χ3n) is 9.48. The Kier molecular flexibility index (Phi) is 6.11. The van der Waals surface area contributed by atoms with Gasteiger partial charge in [-0.2, -0.15) is 10.2 Å². The Labute approximate surface area is 238 Å². The molecule has 0 spiro atoms. The molecule has 0 radical (unpaired) electrons. The van der Waals surface area contributed by atoms with Crippen LogP contribution in [0.25, 0.3) is 5.69 Å². The number of carbonyl (C=O) groups is 1. The lowest BCUT2D eigenvalue weighted by atomic mass is 9.48. The van der Waals surface area contributed by atoms with Gasteiger partial charge in [-0.1, -0.05) is 35.9 Å². The van der Waals surface area contributed by atoms with E-state index in [1.807, 2.05) is 55.1 Å². The van der Waals surface area contributed by atoms with Gasteiger partial charge in [0.05, 0.1) is 40.6 Å². The lowest BCUT2D eigenvalue weighted by Gasteiger charge is -2.56. The molecule has 0 atom stereocenters. The Morgan fingerprint density at radius 2 is 1.70 bits per heavy atom. The number of anilines is 1. The molecule has 0 unspecified atom stereocenters. The van der Waals surface area contributed by atoms with Gasteiger partial charge < -0.3 is 5.32 Å². The molecule has 0 aliphatic heterocycles. The van der Waals surface area contributed by atoms with E-state index in [0.717, 1.165) is 65.3 Å². The summed E-state index contributed by atoms with van der Waals surface area (Å²) in [5, 5.41) is 13.4. The van der Waals surface area contributed by atoms with Crippen LogP contribution in [0.3, 0.4) is 0 Å². The van der Waals surface area contributed by atoms with Gasteiger partial charge in [-0.3, -0.25) is 9.48 Å². The fourth-order valence-electron chi connectivity index (χ4n) is 8.07. The van der Waals surface area contributed by atoms with Crippen molar-refractivity contribution in [1.82, 2.24) is 19.6 Å². The lowest BCUT2D eigenvalue weighted by Crippen LogP contribution is -2.49. The highest BCUT2D eigenvalue weighted by molar-refractivity contribution is 6.31. The van der Waals surface area contributed by atoms with Crippen molar-refractivity contribution in [3.63, 3.8) is 0 Å². The van der Waals surface area contributed by atoms with Gasteiger partial charge in [0.2, 0.25) is 0 Å². The van der Waals surface area contributed by atoms with Crippen LogP contribution in [0.5, 0.6) is 0 Å². The highest BCUT2D eigenvalue weighted by Gasteiger charge is 2.54. The van der Waals surface area contributed by atoms with Gasteiger partial charge in [0.25, 0.3) is 5.91 Å². The van der Waals surface area contributed by atoms with Crippen LogP contribution in [0.15, 0.2) is 54.7 Å². The first-order valence-corrected chi connectivity index (χ1v) is 14.6. The average molecular weight is 558 g/mol. The van der Waals surface area contributed by atoms with E-state index in [9.17, 15) is 9.18 Å². The van der Waals surface area contributed by atoms with E-state index in [-0.39, 0.29) is 17.1 Å². The van der Waals surface area contributed by atoms with Gasteiger partial charge >= 0.3 is 0 Å². The molecule has 2 aromatic heterocycles. The van der Waals surface area contributed by atoms with E-state index < -0.39 is 0 Å². The number of halogens is 2. The Morgan fingerprint density at radius 1 is 1.02 bits per heavy atom. The zero-order valence-corrected chi connectivity index (χ0v) is 23.6. The summed E-state index contributed by atoms with van der Waals surface area (Å²) in [7, 11) is 0. The molecule has 0 saturated heterocycles. The SMILES string of the molecule is Cc1nn(Cc2ccc(F)cc2Cl)c(C)c1NC(=O)c1cn(-c2ccccc2)nc1C12CC3CC(CC(C3)C1)C2. The molecule has 1 amide bonds. The van der Waals surface area contributed by atoms with Crippen molar-refractivity contribution in [2.24, 2.45) is 17.8 Å². The van der Waals surface area contributed by atoms with Crippen molar-refractivity contribution in [3.8, 4) is 5.69 Å². The maximum Gasteiger partial charge on any atom is 0.259 e. The quantitative estimate of drug-likeness (QED) is 0.271. The number of rotatable bonds is 6. The van der Waals surface area contributed by atoms with Crippen LogP contribution < -0.4 is 5.32 Å². The maximum atomic E-state index is 14.1. The molecule has 40 heavy (non-hydrogen) atoms. The van der Waals surface area contributed by atoms with Gasteiger partial charge in [-0.15, -0.1) is 0 Å². The minimum absolute atomic E-state index is 0.0327. The summed E-state index contributed by atoms with van der Waals surface area (Å²) < 4.78 is 17.2. The predicted octanol–water partition coefficient (Wildman–Crippen LogP) is 7.25. The van der Waals surface area contributed by atoms with Crippen molar-refractivity contribution in [2.45, 2.75) is 64.3 Å². The van der Waals surface area contributed by atoms with E-state index in [0.29, 0.717) is 22.8 Å². The molecule has 206 valence electrons. The molecule has 6 nitrogen and oxygen atoms in total. The number of hydrogen-bond acceptors (Lipinski definition) is 3. The van der Waals surface area contributed by atoms with Crippen LogP contribution in [-0.4, -0.2) is 25.5 Å². The van der Waals surface area contributed by atoms with Gasteiger partial charge in [-0.25, -0.2) is 9.07 Å². The normalized spacial score (nSPS) is 24.9. The van der Waals surface area contributed by atoms with Crippen LogP contribution in [0.2, 0.25) is 5.02 Å². The molecule has 4 aliphatic carbocycles. The summed E-state index contributed by atoms with van der Waals surface area (Å²) in [6.45, 7) is 4.20. The molecule has 4 fully saturated rings. The molecular formula is C32H33ClFN5O. The van der Waals surface area contributed by atoms with E-state index in [1.165, 1.54) is 31.4 Å². The van der Waals surface area contributed by atoms with Crippen molar-refractivity contribution in [1.29, 1.82) is 0 Å². The van der Waals surface area contributed by atoms with Crippen molar-refractivity contribution < 1.29 is 9.18 Å². The number of carbonyl (C=O) groups excluding carboxylic acids is 1. The largest absolute Gasteiger partial charge is 0.319 e. The summed E-state index contributed by atoms with van der Waals surface area (Å²) >= 11 is 6.28. The molecule has 4 aliphatic rings. The highest BCUT2D eigenvalue weighted by atomic mass is 35.5.